The summed E-state index contributed by atoms with van der Waals surface area (Å²) in [6.07, 6.45) is 23.2. The molecule has 0 aromatic rings. The van der Waals surface area contributed by atoms with Crippen molar-refractivity contribution < 1.29 is 47.8 Å². The maximum absolute atomic E-state index is 12.4. The minimum absolute atomic E-state index is 0.180. The summed E-state index contributed by atoms with van der Waals surface area (Å²) in [6.45, 7) is 2.07. The largest absolute Gasteiger partial charge is 0.472 e. The first kappa shape index (κ1) is 41.7. The number of unbranched alkanes of at least 4 members (excludes halogenated alkanes) is 15. The Balaban J connectivity index is 4.10. The topological polar surface area (TPSA) is 149 Å². The predicted octanol–water partition coefficient (Wildman–Crippen LogP) is 7.33. The average Bonchev–Trinajstić information content (AvgIpc) is 2.99. The second-order valence-corrected chi connectivity index (χ2v) is 12.6. The van der Waals surface area contributed by atoms with E-state index in [4.69, 9.17) is 19.1 Å². The van der Waals surface area contributed by atoms with Gasteiger partial charge in [0.1, 0.15) is 12.7 Å². The van der Waals surface area contributed by atoms with Crippen LogP contribution in [0.4, 0.5) is 0 Å². The molecule has 0 aliphatic rings. The molecule has 0 saturated heterocycles. The van der Waals surface area contributed by atoms with Crippen LogP contribution in [0.2, 0.25) is 0 Å². The quantitative estimate of drug-likeness (QED) is 0.0306. The van der Waals surface area contributed by atoms with Gasteiger partial charge in [-0.3, -0.25) is 18.6 Å². The molecule has 0 aliphatic carbocycles. The monoisotopic (exact) mass is 636 g/mol. The molecule has 11 heteroatoms. The van der Waals surface area contributed by atoms with Crippen LogP contribution in [0.25, 0.3) is 0 Å². The van der Waals surface area contributed by atoms with Crippen molar-refractivity contribution in [1.82, 2.24) is 0 Å². The normalized spacial score (nSPS) is 14.4. The van der Waals surface area contributed by atoms with Gasteiger partial charge in [-0.15, -0.1) is 0 Å². The lowest BCUT2D eigenvalue weighted by Gasteiger charge is -2.20. The van der Waals surface area contributed by atoms with E-state index in [9.17, 15) is 24.2 Å². The van der Waals surface area contributed by atoms with Crippen molar-refractivity contribution >= 4 is 19.8 Å². The number of phosphoric acid groups is 1. The third kappa shape index (κ3) is 29.2. The lowest BCUT2D eigenvalue weighted by Crippen LogP contribution is -2.29. The van der Waals surface area contributed by atoms with E-state index in [1.165, 1.54) is 70.6 Å². The van der Waals surface area contributed by atoms with Crippen molar-refractivity contribution in [2.45, 2.75) is 154 Å². The van der Waals surface area contributed by atoms with Crippen LogP contribution >= 0.6 is 7.82 Å². The van der Waals surface area contributed by atoms with Crippen LogP contribution in [0.3, 0.4) is 0 Å². The molecule has 0 rings (SSSR count). The molecule has 3 N–H and O–H groups in total. The fourth-order valence-corrected chi connectivity index (χ4v) is 5.05. The van der Waals surface area contributed by atoms with Gasteiger partial charge in [0.25, 0.3) is 0 Å². The summed E-state index contributed by atoms with van der Waals surface area (Å²) in [5.41, 5.74) is 0. The summed E-state index contributed by atoms with van der Waals surface area (Å²) in [5.74, 6) is -0.970. The molecule has 254 valence electrons. The summed E-state index contributed by atoms with van der Waals surface area (Å²) >= 11 is 0. The highest BCUT2D eigenvalue weighted by Gasteiger charge is 2.27. The average molecular weight is 637 g/mol. The van der Waals surface area contributed by atoms with Crippen molar-refractivity contribution in [3.05, 3.63) is 12.2 Å². The van der Waals surface area contributed by atoms with Gasteiger partial charge in [0, 0.05) is 12.8 Å². The molecule has 0 bridgehead atoms. The van der Waals surface area contributed by atoms with E-state index in [2.05, 4.69) is 23.6 Å². The second kappa shape index (κ2) is 29.4. The molecule has 10 nitrogen and oxygen atoms in total. The molecule has 0 spiro atoms. The van der Waals surface area contributed by atoms with Crippen LogP contribution in [-0.4, -0.2) is 65.7 Å². The molecular weight excluding hydrogens is 575 g/mol. The Morgan fingerprint density at radius 1 is 0.674 bits per heavy atom. The molecule has 0 heterocycles. The van der Waals surface area contributed by atoms with Gasteiger partial charge in [0.2, 0.25) is 0 Å². The molecule has 0 aliphatic heterocycles. The first-order valence-corrected chi connectivity index (χ1v) is 18.1. The molecule has 3 unspecified atom stereocenters. The Bertz CT molecular complexity index is 746. The van der Waals surface area contributed by atoms with E-state index in [1.54, 1.807) is 0 Å². The molecular formula is C32H61O10P. The number of aliphatic hydroxyl groups is 2. The summed E-state index contributed by atoms with van der Waals surface area (Å²) in [5, 5.41) is 18.1. The van der Waals surface area contributed by atoms with Gasteiger partial charge in [0.15, 0.2) is 6.10 Å². The molecule has 0 radical (unpaired) electrons. The molecule has 0 fully saturated rings. The van der Waals surface area contributed by atoms with Crippen LogP contribution < -0.4 is 0 Å². The number of hydrogen-bond donors (Lipinski definition) is 3. The zero-order valence-corrected chi connectivity index (χ0v) is 27.8. The van der Waals surface area contributed by atoms with Gasteiger partial charge in [-0.25, -0.2) is 4.57 Å². The van der Waals surface area contributed by atoms with Crippen LogP contribution in [-0.2, 0) is 32.7 Å². The molecule has 0 aromatic carbocycles. The van der Waals surface area contributed by atoms with Crippen LogP contribution in [0, 0.1) is 0 Å². The summed E-state index contributed by atoms with van der Waals surface area (Å²) < 4.78 is 32.0. The van der Waals surface area contributed by atoms with E-state index < -0.39 is 51.8 Å². The van der Waals surface area contributed by atoms with Crippen LogP contribution in [0.15, 0.2) is 12.2 Å². The molecule has 43 heavy (non-hydrogen) atoms. The third-order valence-corrected chi connectivity index (χ3v) is 7.87. The van der Waals surface area contributed by atoms with E-state index in [0.717, 1.165) is 32.1 Å². The minimum atomic E-state index is -4.59. The number of rotatable bonds is 31. The summed E-state index contributed by atoms with van der Waals surface area (Å²) in [4.78, 5) is 34.0. The lowest BCUT2D eigenvalue weighted by molar-refractivity contribution is -0.161. The van der Waals surface area contributed by atoms with E-state index in [0.29, 0.717) is 12.8 Å². The minimum Gasteiger partial charge on any atom is -0.462 e. The Kier molecular flexibility index (Phi) is 28.5. The van der Waals surface area contributed by atoms with E-state index in [-0.39, 0.29) is 19.4 Å². The maximum atomic E-state index is 12.4. The second-order valence-electron chi connectivity index (χ2n) is 11.2. The van der Waals surface area contributed by atoms with Gasteiger partial charge in [-0.1, -0.05) is 103 Å². The summed E-state index contributed by atoms with van der Waals surface area (Å²) in [6, 6.07) is 0. The zero-order valence-electron chi connectivity index (χ0n) is 26.9. The Morgan fingerprint density at radius 2 is 1.16 bits per heavy atom. The number of aliphatic hydroxyl groups excluding tert-OH is 2. The molecule has 3 atom stereocenters. The van der Waals surface area contributed by atoms with Crippen molar-refractivity contribution in [3.63, 3.8) is 0 Å². The van der Waals surface area contributed by atoms with Gasteiger partial charge < -0.3 is 24.6 Å². The van der Waals surface area contributed by atoms with Crippen molar-refractivity contribution in [1.29, 1.82) is 0 Å². The smallest absolute Gasteiger partial charge is 0.462 e. The first-order valence-electron chi connectivity index (χ1n) is 16.6. The lowest BCUT2D eigenvalue weighted by atomic mass is 10.1. The highest BCUT2D eigenvalue weighted by molar-refractivity contribution is 7.47. The van der Waals surface area contributed by atoms with Crippen molar-refractivity contribution in [2.75, 3.05) is 26.4 Å². The summed E-state index contributed by atoms with van der Waals surface area (Å²) in [7, 11) is -4.59. The van der Waals surface area contributed by atoms with Crippen molar-refractivity contribution in [2.24, 2.45) is 0 Å². The zero-order chi connectivity index (χ0) is 32.0. The highest BCUT2D eigenvalue weighted by Crippen LogP contribution is 2.43. The molecule has 0 saturated carbocycles. The Hall–Kier alpha value is -1.29. The molecule has 0 amide bonds. The number of phosphoric ester groups is 1. The number of allylic oxidation sites excluding steroid dienone is 2. The van der Waals surface area contributed by atoms with Gasteiger partial charge in [-0.2, -0.15) is 0 Å². The van der Waals surface area contributed by atoms with Crippen LogP contribution in [0.5, 0.6) is 0 Å². The van der Waals surface area contributed by atoms with Gasteiger partial charge >= 0.3 is 19.8 Å². The Morgan fingerprint density at radius 3 is 1.72 bits per heavy atom. The van der Waals surface area contributed by atoms with Crippen molar-refractivity contribution in [3.8, 4) is 0 Å². The number of hydrogen-bond acceptors (Lipinski definition) is 9. The third-order valence-electron chi connectivity index (χ3n) is 6.92. The Labute approximate surface area is 260 Å². The fraction of sp³-hybridized carbons (Fsp3) is 0.875. The fourth-order valence-electron chi connectivity index (χ4n) is 4.26. The standard InChI is InChI=1S/C32H61O10P/c1-3-5-7-8-9-10-11-12-13-14-15-16-17-18-19-20-21-22-24-32(36)42-30(27-39-31(35)23-6-4-2)28-41-43(37,38)40-26-29(34)25-33/h13-14,29-30,33-34H,3-12,15-28H2,1-2H3,(H,37,38)/b14-13-. The van der Waals surface area contributed by atoms with Crippen LogP contribution in [0.1, 0.15) is 142 Å². The number of ether oxygens (including phenoxy) is 2. The highest BCUT2D eigenvalue weighted by atomic mass is 31.2. The van der Waals surface area contributed by atoms with Gasteiger partial charge in [-0.05, 0) is 38.5 Å². The number of carbonyl (C=O) groups excluding carboxylic acids is 2. The first-order chi connectivity index (χ1) is 20.7. The predicted molar refractivity (Wildman–Crippen MR) is 168 cm³/mol. The number of esters is 2. The molecule has 0 aromatic heterocycles. The van der Waals surface area contributed by atoms with Gasteiger partial charge in [0.05, 0.1) is 19.8 Å². The van der Waals surface area contributed by atoms with E-state index >= 15 is 0 Å². The van der Waals surface area contributed by atoms with E-state index in [1.807, 2.05) is 6.92 Å². The number of carbonyl (C=O) groups is 2. The SMILES string of the molecule is CCCCCCCCC/C=C\CCCCCCCCCC(=O)OC(COC(=O)CCCC)COP(=O)(O)OCC(O)CO. The maximum Gasteiger partial charge on any atom is 0.472 e.